The summed E-state index contributed by atoms with van der Waals surface area (Å²) in [5, 5.41) is 0. The van der Waals surface area contributed by atoms with Crippen LogP contribution in [0, 0.1) is 0 Å². The van der Waals surface area contributed by atoms with Crippen molar-refractivity contribution in [1.82, 2.24) is 4.90 Å². The quantitative estimate of drug-likeness (QED) is 0.592. The van der Waals surface area contributed by atoms with E-state index in [0.29, 0.717) is 11.8 Å². The maximum absolute atomic E-state index is 13.4. The highest BCUT2D eigenvalue weighted by atomic mass is 19.4. The molecule has 1 aliphatic carbocycles. The van der Waals surface area contributed by atoms with Crippen LogP contribution < -0.4 is 9.64 Å². The molecule has 4 nitrogen and oxygen atoms in total. The summed E-state index contributed by atoms with van der Waals surface area (Å²) >= 11 is 0. The first-order valence-electron chi connectivity index (χ1n) is 11.4. The van der Waals surface area contributed by atoms with Crippen LogP contribution in [0.1, 0.15) is 36.0 Å². The lowest BCUT2D eigenvalue weighted by molar-refractivity contribution is -0.170. The first-order valence-corrected chi connectivity index (χ1v) is 11.4. The zero-order valence-electron chi connectivity index (χ0n) is 18.8. The smallest absolute Gasteiger partial charge is 0.471 e. The molecule has 0 spiro atoms. The molecule has 1 aliphatic heterocycles. The molecule has 1 saturated carbocycles. The van der Waals surface area contributed by atoms with Crippen molar-refractivity contribution >= 4 is 17.7 Å². The zero-order chi connectivity index (χ0) is 23.4. The Morgan fingerprint density at radius 1 is 1.09 bits per heavy atom. The van der Waals surface area contributed by atoms with Crippen LogP contribution in [0.15, 0.2) is 48.5 Å². The van der Waals surface area contributed by atoms with E-state index in [1.54, 1.807) is 43.5 Å². The minimum absolute atomic E-state index is 0.169. The number of carbonyl (C=O) groups excluding carboxylic acids is 1. The summed E-state index contributed by atoms with van der Waals surface area (Å²) in [5.74, 6) is -1.16. The number of halogens is 3. The summed E-state index contributed by atoms with van der Waals surface area (Å²) in [6.45, 7) is 1.72. The van der Waals surface area contributed by atoms with Crippen molar-refractivity contribution in [1.29, 1.82) is 0 Å². The molecule has 2 aromatic carbocycles. The van der Waals surface area contributed by atoms with Gasteiger partial charge in [-0.15, -0.1) is 0 Å². The van der Waals surface area contributed by atoms with Gasteiger partial charge in [0.15, 0.2) is 0 Å². The third-order valence-corrected chi connectivity index (χ3v) is 6.63. The van der Waals surface area contributed by atoms with Crippen molar-refractivity contribution in [2.75, 3.05) is 31.6 Å². The van der Waals surface area contributed by atoms with Gasteiger partial charge in [0.25, 0.3) is 0 Å². The molecule has 0 saturated heterocycles. The maximum Gasteiger partial charge on any atom is 0.471 e. The van der Waals surface area contributed by atoms with E-state index in [4.69, 9.17) is 4.74 Å². The number of alkyl halides is 3. The van der Waals surface area contributed by atoms with Gasteiger partial charge >= 0.3 is 12.1 Å². The summed E-state index contributed by atoms with van der Waals surface area (Å²) in [6.07, 6.45) is 3.75. The van der Waals surface area contributed by atoms with Crippen LogP contribution in [0.3, 0.4) is 0 Å². The fraction of sp³-hybridized carbons (Fsp3) is 0.423. The number of fused-ring (bicyclic) bond motifs is 1. The maximum atomic E-state index is 13.4. The number of methoxy groups -OCH3 is 1. The van der Waals surface area contributed by atoms with Gasteiger partial charge in [0.1, 0.15) is 5.75 Å². The molecule has 0 bridgehead atoms. The van der Waals surface area contributed by atoms with Gasteiger partial charge in [-0.1, -0.05) is 36.8 Å². The van der Waals surface area contributed by atoms with Gasteiger partial charge in [0.2, 0.25) is 0 Å². The van der Waals surface area contributed by atoms with Crippen molar-refractivity contribution in [3.05, 3.63) is 65.2 Å². The minimum atomic E-state index is -4.94. The first-order chi connectivity index (χ1) is 15.8. The van der Waals surface area contributed by atoms with E-state index in [9.17, 15) is 18.0 Å². The molecule has 0 N–H and O–H groups in total. The van der Waals surface area contributed by atoms with E-state index < -0.39 is 12.1 Å². The van der Waals surface area contributed by atoms with Crippen LogP contribution in [0.2, 0.25) is 0 Å². The van der Waals surface area contributed by atoms with E-state index in [-0.39, 0.29) is 12.2 Å². The minimum Gasteiger partial charge on any atom is -0.497 e. The summed E-state index contributed by atoms with van der Waals surface area (Å²) in [5.41, 5.74) is 3.29. The van der Waals surface area contributed by atoms with Crippen molar-refractivity contribution in [2.24, 2.45) is 0 Å². The van der Waals surface area contributed by atoms with Crippen LogP contribution in [0.25, 0.3) is 6.08 Å². The highest BCUT2D eigenvalue weighted by Crippen LogP contribution is 2.30. The summed E-state index contributed by atoms with van der Waals surface area (Å²) in [6, 6.07) is 13.1. The summed E-state index contributed by atoms with van der Waals surface area (Å²) in [7, 11) is 1.57. The van der Waals surface area contributed by atoms with Crippen LogP contribution in [-0.4, -0.2) is 49.8 Å². The van der Waals surface area contributed by atoms with Crippen molar-refractivity contribution in [3.8, 4) is 5.75 Å². The molecule has 0 aromatic heterocycles. The highest BCUT2D eigenvalue weighted by molar-refractivity contribution is 5.97. The molecular formula is C26H29F3N2O2. The second-order valence-corrected chi connectivity index (χ2v) is 8.66. The predicted octanol–water partition coefficient (Wildman–Crippen LogP) is 5.26. The Morgan fingerprint density at radius 2 is 1.79 bits per heavy atom. The molecule has 1 fully saturated rings. The third-order valence-electron chi connectivity index (χ3n) is 6.63. The first kappa shape index (κ1) is 23.4. The Kier molecular flexibility index (Phi) is 7.08. The molecule has 176 valence electrons. The van der Waals surface area contributed by atoms with E-state index in [1.165, 1.54) is 19.3 Å². The molecule has 1 amide bonds. The molecule has 0 atom stereocenters. The Morgan fingerprint density at radius 3 is 2.39 bits per heavy atom. The monoisotopic (exact) mass is 458 g/mol. The van der Waals surface area contributed by atoms with Crippen LogP contribution in [-0.2, 0) is 17.6 Å². The van der Waals surface area contributed by atoms with Gasteiger partial charge in [-0.05, 0) is 66.6 Å². The van der Waals surface area contributed by atoms with Gasteiger partial charge in [-0.2, -0.15) is 13.2 Å². The highest BCUT2D eigenvalue weighted by Gasteiger charge is 2.43. The number of nitrogens with zero attached hydrogens (tertiary/aromatic N) is 2. The molecule has 2 aromatic rings. The van der Waals surface area contributed by atoms with Gasteiger partial charge in [0.05, 0.1) is 7.11 Å². The van der Waals surface area contributed by atoms with Crippen molar-refractivity contribution in [2.45, 2.75) is 44.3 Å². The zero-order valence-corrected chi connectivity index (χ0v) is 18.8. The van der Waals surface area contributed by atoms with Crippen molar-refractivity contribution < 1.29 is 22.7 Å². The molecule has 33 heavy (non-hydrogen) atoms. The molecule has 0 radical (unpaired) electrons. The predicted molar refractivity (Wildman–Crippen MR) is 123 cm³/mol. The van der Waals surface area contributed by atoms with Gasteiger partial charge in [-0.25, -0.2) is 0 Å². The Hall–Kier alpha value is -2.80. The van der Waals surface area contributed by atoms with Crippen LogP contribution >= 0.6 is 0 Å². The van der Waals surface area contributed by atoms with E-state index in [2.05, 4.69) is 4.90 Å². The van der Waals surface area contributed by atoms with E-state index >= 15 is 0 Å². The van der Waals surface area contributed by atoms with Crippen LogP contribution in [0.4, 0.5) is 18.9 Å². The average Bonchev–Trinajstić information content (AvgIpc) is 2.97. The van der Waals surface area contributed by atoms with Gasteiger partial charge in [0, 0.05) is 31.4 Å². The van der Waals surface area contributed by atoms with Crippen LogP contribution in [0.5, 0.6) is 5.75 Å². The SMILES string of the molecule is COc1ccc(/C=C/CN(C(=O)C(F)(F)F)c2ccc3c(c2)CCN(C2CCC2)CC3)cc1. The van der Waals surface area contributed by atoms with Gasteiger partial charge in [-0.3, -0.25) is 9.69 Å². The number of rotatable bonds is 6. The molecule has 0 unspecified atom stereocenters. The fourth-order valence-corrected chi connectivity index (χ4v) is 4.48. The van der Waals surface area contributed by atoms with E-state index in [0.717, 1.165) is 47.5 Å². The number of ether oxygens (including phenoxy) is 1. The average molecular weight is 459 g/mol. The number of amides is 1. The topological polar surface area (TPSA) is 32.8 Å². The fourth-order valence-electron chi connectivity index (χ4n) is 4.48. The second-order valence-electron chi connectivity index (χ2n) is 8.66. The number of hydrogen-bond donors (Lipinski definition) is 0. The molecule has 1 heterocycles. The lowest BCUT2D eigenvalue weighted by Crippen LogP contribution is -2.41. The number of benzene rings is 2. The standard InChI is InChI=1S/C26H29F3N2O2/c1-33-24-11-7-19(8-12-24)4-3-15-31(25(32)26(27,28)29)23-10-9-20-13-16-30(22-5-2-6-22)17-14-21(20)18-23/h3-4,7-12,18,22H,2,5-6,13-17H2,1H3/b4-3+. The molecule has 2 aliphatic rings. The molecular weight excluding hydrogens is 429 g/mol. The number of hydrogen-bond acceptors (Lipinski definition) is 3. The third kappa shape index (κ3) is 5.58. The Balaban J connectivity index is 1.52. The van der Waals surface area contributed by atoms with E-state index in [1.807, 2.05) is 18.2 Å². The Labute approximate surface area is 192 Å². The summed E-state index contributed by atoms with van der Waals surface area (Å²) in [4.78, 5) is 15.6. The van der Waals surface area contributed by atoms with Gasteiger partial charge < -0.3 is 9.64 Å². The second kappa shape index (κ2) is 10.00. The Bertz CT molecular complexity index is 998. The largest absolute Gasteiger partial charge is 0.497 e. The summed E-state index contributed by atoms with van der Waals surface area (Å²) < 4.78 is 45.2. The normalized spacial score (nSPS) is 17.3. The van der Waals surface area contributed by atoms with Crippen molar-refractivity contribution in [3.63, 3.8) is 0 Å². The number of anilines is 1. The molecule has 7 heteroatoms. The lowest BCUT2D eigenvalue weighted by atomic mass is 9.91. The molecule has 4 rings (SSSR count). The lowest BCUT2D eigenvalue weighted by Gasteiger charge is -2.36. The number of carbonyl (C=O) groups is 1.